The molecule has 0 saturated carbocycles. The van der Waals surface area contributed by atoms with Gasteiger partial charge in [0.05, 0.1) is 0 Å². The number of aryl methyl sites for hydroxylation is 2. The molecule has 130 valence electrons. The fourth-order valence-corrected chi connectivity index (χ4v) is 3.74. The predicted molar refractivity (Wildman–Crippen MR) is 94.6 cm³/mol. The Morgan fingerprint density at radius 3 is 2.21 bits per heavy atom. The molecule has 2 aliphatic rings. The molecule has 1 aromatic carbocycles. The summed E-state index contributed by atoms with van der Waals surface area (Å²) in [7, 11) is 0. The molecule has 2 amide bonds. The molecule has 0 radical (unpaired) electrons. The molecule has 4 nitrogen and oxygen atoms in total. The van der Waals surface area contributed by atoms with Crippen molar-refractivity contribution in [2.75, 3.05) is 26.2 Å². The SMILES string of the molecule is Cc1ccc(CCC2CCN(CCN3C(=O)CCC3=O)CC2)cc1. The third-order valence-electron chi connectivity index (χ3n) is 5.46. The number of imide groups is 1. The second kappa shape index (κ2) is 7.93. The molecule has 0 bridgehead atoms. The van der Waals surface area contributed by atoms with E-state index in [2.05, 4.69) is 36.1 Å². The average Bonchev–Trinajstić information content (AvgIpc) is 2.92. The van der Waals surface area contributed by atoms with Gasteiger partial charge in [-0.2, -0.15) is 0 Å². The van der Waals surface area contributed by atoms with Gasteiger partial charge in [-0.1, -0.05) is 29.8 Å². The highest BCUT2D eigenvalue weighted by Crippen LogP contribution is 2.23. The van der Waals surface area contributed by atoms with Crippen LogP contribution in [0.4, 0.5) is 0 Å². The van der Waals surface area contributed by atoms with E-state index in [4.69, 9.17) is 0 Å². The van der Waals surface area contributed by atoms with Crippen molar-refractivity contribution in [1.82, 2.24) is 9.80 Å². The van der Waals surface area contributed by atoms with E-state index in [1.165, 1.54) is 41.7 Å². The summed E-state index contributed by atoms with van der Waals surface area (Å²) in [5, 5.41) is 0. The first-order valence-corrected chi connectivity index (χ1v) is 9.23. The summed E-state index contributed by atoms with van der Waals surface area (Å²) >= 11 is 0. The van der Waals surface area contributed by atoms with Crippen molar-refractivity contribution in [3.8, 4) is 0 Å². The third kappa shape index (κ3) is 4.44. The number of benzene rings is 1. The fourth-order valence-electron chi connectivity index (χ4n) is 3.74. The molecule has 2 saturated heterocycles. The topological polar surface area (TPSA) is 40.6 Å². The van der Waals surface area contributed by atoms with Gasteiger partial charge in [0.25, 0.3) is 0 Å². The highest BCUT2D eigenvalue weighted by molar-refractivity contribution is 6.01. The van der Waals surface area contributed by atoms with Gasteiger partial charge in [0.1, 0.15) is 0 Å². The number of carbonyl (C=O) groups is 2. The lowest BCUT2D eigenvalue weighted by atomic mass is 9.90. The maximum Gasteiger partial charge on any atom is 0.229 e. The molecule has 3 rings (SSSR count). The fraction of sp³-hybridized carbons (Fsp3) is 0.600. The number of hydrogen-bond acceptors (Lipinski definition) is 3. The Bertz CT molecular complexity index is 558. The van der Waals surface area contributed by atoms with Gasteiger partial charge in [0.15, 0.2) is 0 Å². The maximum absolute atomic E-state index is 11.6. The Morgan fingerprint density at radius 1 is 0.958 bits per heavy atom. The molecule has 0 aliphatic carbocycles. The second-order valence-electron chi connectivity index (χ2n) is 7.25. The Morgan fingerprint density at radius 2 is 1.58 bits per heavy atom. The minimum Gasteiger partial charge on any atom is -0.302 e. The van der Waals surface area contributed by atoms with E-state index in [1.54, 1.807) is 0 Å². The van der Waals surface area contributed by atoms with E-state index in [0.29, 0.717) is 19.4 Å². The standard InChI is InChI=1S/C20H28N2O2/c1-16-2-4-17(5-3-16)6-7-18-10-12-21(13-11-18)14-15-22-19(23)8-9-20(22)24/h2-5,18H,6-15H2,1H3. The van der Waals surface area contributed by atoms with E-state index in [9.17, 15) is 9.59 Å². The third-order valence-corrected chi connectivity index (χ3v) is 5.46. The first kappa shape index (κ1) is 17.2. The van der Waals surface area contributed by atoms with Crippen LogP contribution >= 0.6 is 0 Å². The lowest BCUT2D eigenvalue weighted by molar-refractivity contribution is -0.138. The number of amides is 2. The van der Waals surface area contributed by atoms with Crippen molar-refractivity contribution in [3.63, 3.8) is 0 Å². The largest absolute Gasteiger partial charge is 0.302 e. The van der Waals surface area contributed by atoms with Crippen molar-refractivity contribution >= 4 is 11.8 Å². The van der Waals surface area contributed by atoms with Gasteiger partial charge in [0, 0.05) is 25.9 Å². The van der Waals surface area contributed by atoms with Gasteiger partial charge >= 0.3 is 0 Å². The Balaban J connectivity index is 1.35. The van der Waals surface area contributed by atoms with Crippen LogP contribution in [-0.4, -0.2) is 47.8 Å². The quantitative estimate of drug-likeness (QED) is 0.754. The molecule has 0 unspecified atom stereocenters. The Kier molecular flexibility index (Phi) is 5.67. The normalized spacial score (nSPS) is 20.1. The number of carbonyl (C=O) groups excluding carboxylic acids is 2. The Labute approximate surface area is 144 Å². The van der Waals surface area contributed by atoms with Crippen molar-refractivity contribution in [3.05, 3.63) is 35.4 Å². The highest BCUT2D eigenvalue weighted by Gasteiger charge is 2.29. The summed E-state index contributed by atoms with van der Waals surface area (Å²) in [6.07, 6.45) is 5.70. The number of likely N-dealkylation sites (tertiary alicyclic amines) is 2. The maximum atomic E-state index is 11.6. The molecule has 2 aliphatic heterocycles. The zero-order valence-electron chi connectivity index (χ0n) is 14.7. The highest BCUT2D eigenvalue weighted by atomic mass is 16.2. The first-order valence-electron chi connectivity index (χ1n) is 9.23. The van der Waals surface area contributed by atoms with Crippen LogP contribution in [-0.2, 0) is 16.0 Å². The van der Waals surface area contributed by atoms with Gasteiger partial charge < -0.3 is 4.90 Å². The summed E-state index contributed by atoms with van der Waals surface area (Å²) in [5.41, 5.74) is 2.76. The lowest BCUT2D eigenvalue weighted by Gasteiger charge is -2.32. The summed E-state index contributed by atoms with van der Waals surface area (Å²) in [4.78, 5) is 27.1. The van der Waals surface area contributed by atoms with Crippen molar-refractivity contribution in [1.29, 1.82) is 0 Å². The monoisotopic (exact) mass is 328 g/mol. The van der Waals surface area contributed by atoms with E-state index >= 15 is 0 Å². The Hall–Kier alpha value is -1.68. The van der Waals surface area contributed by atoms with Gasteiger partial charge in [-0.25, -0.2) is 0 Å². The van der Waals surface area contributed by atoms with E-state index in [-0.39, 0.29) is 11.8 Å². The molecule has 4 heteroatoms. The van der Waals surface area contributed by atoms with Crippen LogP contribution in [0.5, 0.6) is 0 Å². The average molecular weight is 328 g/mol. The number of rotatable bonds is 6. The van der Waals surface area contributed by atoms with Crippen LogP contribution in [0.1, 0.15) is 43.2 Å². The molecule has 0 aromatic heterocycles. The molecule has 0 atom stereocenters. The molecular formula is C20H28N2O2. The molecule has 24 heavy (non-hydrogen) atoms. The van der Waals surface area contributed by atoms with Crippen molar-refractivity contribution < 1.29 is 9.59 Å². The first-order chi connectivity index (χ1) is 11.6. The number of hydrogen-bond donors (Lipinski definition) is 0. The smallest absolute Gasteiger partial charge is 0.229 e. The van der Waals surface area contributed by atoms with Crippen LogP contribution in [0, 0.1) is 12.8 Å². The van der Waals surface area contributed by atoms with Crippen LogP contribution in [0.15, 0.2) is 24.3 Å². The van der Waals surface area contributed by atoms with E-state index < -0.39 is 0 Å². The van der Waals surface area contributed by atoms with Crippen molar-refractivity contribution in [2.45, 2.75) is 45.4 Å². The van der Waals surface area contributed by atoms with E-state index in [1.807, 2.05) is 0 Å². The summed E-state index contributed by atoms with van der Waals surface area (Å²) in [5.74, 6) is 0.818. The summed E-state index contributed by atoms with van der Waals surface area (Å²) in [6.45, 7) is 5.72. The molecule has 0 spiro atoms. The van der Waals surface area contributed by atoms with Crippen LogP contribution in [0.2, 0.25) is 0 Å². The van der Waals surface area contributed by atoms with Gasteiger partial charge in [0.2, 0.25) is 11.8 Å². The van der Waals surface area contributed by atoms with E-state index in [0.717, 1.165) is 25.6 Å². The number of piperidine rings is 1. The molecule has 2 heterocycles. The zero-order chi connectivity index (χ0) is 16.9. The lowest BCUT2D eigenvalue weighted by Crippen LogP contribution is -2.41. The molecular weight excluding hydrogens is 300 g/mol. The molecule has 0 N–H and O–H groups in total. The summed E-state index contributed by atoms with van der Waals surface area (Å²) < 4.78 is 0. The molecule has 1 aromatic rings. The minimum absolute atomic E-state index is 0.00739. The number of nitrogens with zero attached hydrogens (tertiary/aromatic N) is 2. The summed E-state index contributed by atoms with van der Waals surface area (Å²) in [6, 6.07) is 8.88. The second-order valence-corrected chi connectivity index (χ2v) is 7.25. The minimum atomic E-state index is 0.00739. The van der Waals surface area contributed by atoms with Gasteiger partial charge in [-0.15, -0.1) is 0 Å². The zero-order valence-corrected chi connectivity index (χ0v) is 14.7. The molecule has 2 fully saturated rings. The van der Waals surface area contributed by atoms with Gasteiger partial charge in [-0.3, -0.25) is 14.5 Å². The van der Waals surface area contributed by atoms with Crippen LogP contribution in [0.25, 0.3) is 0 Å². The van der Waals surface area contributed by atoms with Gasteiger partial charge in [-0.05, 0) is 57.2 Å². The predicted octanol–water partition coefficient (Wildman–Crippen LogP) is 2.79. The van der Waals surface area contributed by atoms with Crippen LogP contribution < -0.4 is 0 Å². The van der Waals surface area contributed by atoms with Crippen molar-refractivity contribution in [2.24, 2.45) is 5.92 Å². The van der Waals surface area contributed by atoms with Crippen LogP contribution in [0.3, 0.4) is 0 Å².